The number of nitrogens with zero attached hydrogens (tertiary/aromatic N) is 1. The minimum absolute atomic E-state index is 0.553. The zero-order valence-electron chi connectivity index (χ0n) is 11.5. The number of rotatable bonds is 6. The smallest absolute Gasteiger partial charge is 0.124 e. The van der Waals surface area contributed by atoms with E-state index < -0.39 is 0 Å². The molecule has 0 bridgehead atoms. The molecule has 1 N–H and O–H groups in total. The number of benzene rings is 1. The van der Waals surface area contributed by atoms with Crippen LogP contribution in [0.2, 0.25) is 0 Å². The van der Waals surface area contributed by atoms with Gasteiger partial charge < -0.3 is 10.1 Å². The molecule has 2 aromatic rings. The number of para-hydroxylation sites is 1. The highest BCUT2D eigenvalue weighted by Crippen LogP contribution is 2.19. The largest absolute Gasteiger partial charge is 0.489 e. The minimum Gasteiger partial charge on any atom is -0.489 e. The van der Waals surface area contributed by atoms with Crippen molar-refractivity contribution in [2.24, 2.45) is 0 Å². The Morgan fingerprint density at radius 3 is 2.84 bits per heavy atom. The molecule has 0 amide bonds. The molecule has 2 rings (SSSR count). The van der Waals surface area contributed by atoms with E-state index in [2.05, 4.69) is 29.4 Å². The van der Waals surface area contributed by atoms with Gasteiger partial charge >= 0.3 is 0 Å². The fourth-order valence-electron chi connectivity index (χ4n) is 1.91. The van der Waals surface area contributed by atoms with Gasteiger partial charge in [-0.3, -0.25) is 4.98 Å². The van der Waals surface area contributed by atoms with E-state index in [9.17, 15) is 0 Å². The SMILES string of the molecule is CCNCc1ccccc1OCc1cncc(C)c1. The van der Waals surface area contributed by atoms with Crippen molar-refractivity contribution in [3.8, 4) is 5.75 Å². The van der Waals surface area contributed by atoms with Crippen molar-refractivity contribution < 1.29 is 4.74 Å². The van der Waals surface area contributed by atoms with Crippen molar-refractivity contribution in [1.29, 1.82) is 0 Å². The number of hydrogen-bond donors (Lipinski definition) is 1. The molecule has 0 spiro atoms. The maximum atomic E-state index is 5.90. The van der Waals surface area contributed by atoms with Crippen LogP contribution >= 0.6 is 0 Å². The lowest BCUT2D eigenvalue weighted by Crippen LogP contribution is -2.12. The van der Waals surface area contributed by atoms with E-state index in [0.717, 1.165) is 30.0 Å². The van der Waals surface area contributed by atoms with Gasteiger partial charge in [0.1, 0.15) is 12.4 Å². The van der Waals surface area contributed by atoms with Crippen LogP contribution in [-0.2, 0) is 13.2 Å². The van der Waals surface area contributed by atoms with Crippen molar-refractivity contribution in [2.45, 2.75) is 27.0 Å². The third kappa shape index (κ3) is 4.07. The Morgan fingerprint density at radius 2 is 2.05 bits per heavy atom. The van der Waals surface area contributed by atoms with Crippen molar-refractivity contribution in [2.75, 3.05) is 6.54 Å². The molecule has 0 saturated heterocycles. The number of nitrogens with one attached hydrogen (secondary N) is 1. The van der Waals surface area contributed by atoms with Gasteiger partial charge in [0.05, 0.1) is 0 Å². The standard InChI is InChI=1S/C16H20N2O/c1-3-17-11-15-6-4-5-7-16(15)19-12-14-8-13(2)9-18-10-14/h4-10,17H,3,11-12H2,1-2H3. The van der Waals surface area contributed by atoms with Crippen LogP contribution in [0.1, 0.15) is 23.6 Å². The van der Waals surface area contributed by atoms with E-state index in [1.807, 2.05) is 37.5 Å². The Balaban J connectivity index is 2.02. The number of hydrogen-bond acceptors (Lipinski definition) is 3. The van der Waals surface area contributed by atoms with Crippen molar-refractivity contribution in [3.63, 3.8) is 0 Å². The number of aromatic nitrogens is 1. The first-order chi connectivity index (χ1) is 9.29. The van der Waals surface area contributed by atoms with Gasteiger partial charge in [0.15, 0.2) is 0 Å². The zero-order valence-corrected chi connectivity index (χ0v) is 11.5. The molecule has 0 radical (unpaired) electrons. The van der Waals surface area contributed by atoms with Gasteiger partial charge in [-0.2, -0.15) is 0 Å². The molecule has 0 saturated carbocycles. The Hall–Kier alpha value is -1.87. The molecular weight excluding hydrogens is 236 g/mol. The average Bonchev–Trinajstić information content (AvgIpc) is 2.44. The van der Waals surface area contributed by atoms with E-state index in [4.69, 9.17) is 4.74 Å². The third-order valence-corrected chi connectivity index (χ3v) is 2.86. The van der Waals surface area contributed by atoms with E-state index in [-0.39, 0.29) is 0 Å². The number of ether oxygens (including phenoxy) is 1. The van der Waals surface area contributed by atoms with Crippen LogP contribution in [0.5, 0.6) is 5.75 Å². The van der Waals surface area contributed by atoms with Crippen LogP contribution in [0.15, 0.2) is 42.7 Å². The molecule has 1 aromatic carbocycles. The maximum Gasteiger partial charge on any atom is 0.124 e. The highest BCUT2D eigenvalue weighted by atomic mass is 16.5. The average molecular weight is 256 g/mol. The van der Waals surface area contributed by atoms with Gasteiger partial charge in [0, 0.05) is 30.1 Å². The predicted octanol–water partition coefficient (Wildman–Crippen LogP) is 3.08. The van der Waals surface area contributed by atoms with E-state index in [1.54, 1.807) is 0 Å². The van der Waals surface area contributed by atoms with Gasteiger partial charge in [0.2, 0.25) is 0 Å². The van der Waals surface area contributed by atoms with E-state index >= 15 is 0 Å². The van der Waals surface area contributed by atoms with Crippen LogP contribution in [0.4, 0.5) is 0 Å². The molecule has 19 heavy (non-hydrogen) atoms. The Kier molecular flexibility index (Phi) is 4.93. The molecule has 3 nitrogen and oxygen atoms in total. The summed E-state index contributed by atoms with van der Waals surface area (Å²) in [5, 5.41) is 3.32. The fraction of sp³-hybridized carbons (Fsp3) is 0.312. The third-order valence-electron chi connectivity index (χ3n) is 2.86. The Morgan fingerprint density at radius 1 is 1.21 bits per heavy atom. The van der Waals surface area contributed by atoms with Crippen LogP contribution in [-0.4, -0.2) is 11.5 Å². The molecule has 3 heteroatoms. The Bertz CT molecular complexity index is 526. The van der Waals surface area contributed by atoms with Gasteiger partial charge in [-0.25, -0.2) is 0 Å². The second-order valence-corrected chi connectivity index (χ2v) is 4.55. The highest BCUT2D eigenvalue weighted by molar-refractivity contribution is 5.33. The van der Waals surface area contributed by atoms with Gasteiger partial charge in [0.25, 0.3) is 0 Å². The molecule has 0 aliphatic carbocycles. The lowest BCUT2D eigenvalue weighted by molar-refractivity contribution is 0.301. The first kappa shape index (κ1) is 13.6. The summed E-state index contributed by atoms with van der Waals surface area (Å²) in [5.41, 5.74) is 3.44. The molecule has 0 aliphatic rings. The quantitative estimate of drug-likeness (QED) is 0.862. The number of aryl methyl sites for hydroxylation is 1. The van der Waals surface area contributed by atoms with Crippen LogP contribution in [0, 0.1) is 6.92 Å². The summed E-state index contributed by atoms with van der Waals surface area (Å²) in [4.78, 5) is 4.18. The number of pyridine rings is 1. The van der Waals surface area contributed by atoms with Crippen molar-refractivity contribution in [3.05, 3.63) is 59.4 Å². The normalized spacial score (nSPS) is 10.4. The second kappa shape index (κ2) is 6.90. The zero-order chi connectivity index (χ0) is 13.5. The summed E-state index contributed by atoms with van der Waals surface area (Å²) in [7, 11) is 0. The van der Waals surface area contributed by atoms with Gasteiger partial charge in [-0.1, -0.05) is 25.1 Å². The summed E-state index contributed by atoms with van der Waals surface area (Å²) in [6, 6.07) is 10.2. The summed E-state index contributed by atoms with van der Waals surface area (Å²) < 4.78 is 5.90. The second-order valence-electron chi connectivity index (χ2n) is 4.55. The van der Waals surface area contributed by atoms with Crippen LogP contribution in [0.25, 0.3) is 0 Å². The van der Waals surface area contributed by atoms with E-state index in [0.29, 0.717) is 6.61 Å². The lowest BCUT2D eigenvalue weighted by atomic mass is 10.2. The molecule has 100 valence electrons. The van der Waals surface area contributed by atoms with Gasteiger partial charge in [-0.05, 0) is 31.2 Å². The van der Waals surface area contributed by atoms with Gasteiger partial charge in [-0.15, -0.1) is 0 Å². The van der Waals surface area contributed by atoms with Crippen LogP contribution in [0.3, 0.4) is 0 Å². The van der Waals surface area contributed by atoms with Crippen molar-refractivity contribution >= 4 is 0 Å². The Labute approximate surface area is 114 Å². The molecule has 0 aliphatic heterocycles. The first-order valence-corrected chi connectivity index (χ1v) is 6.61. The summed E-state index contributed by atoms with van der Waals surface area (Å²) in [5.74, 6) is 0.935. The summed E-state index contributed by atoms with van der Waals surface area (Å²) in [6.07, 6.45) is 3.70. The summed E-state index contributed by atoms with van der Waals surface area (Å²) in [6.45, 7) is 6.48. The first-order valence-electron chi connectivity index (χ1n) is 6.61. The topological polar surface area (TPSA) is 34.1 Å². The minimum atomic E-state index is 0.553. The molecule has 0 unspecified atom stereocenters. The highest BCUT2D eigenvalue weighted by Gasteiger charge is 2.03. The molecular formula is C16H20N2O. The monoisotopic (exact) mass is 256 g/mol. The molecule has 0 atom stereocenters. The summed E-state index contributed by atoms with van der Waals surface area (Å²) >= 11 is 0. The maximum absolute atomic E-state index is 5.90. The molecule has 1 heterocycles. The molecule has 1 aromatic heterocycles. The van der Waals surface area contributed by atoms with E-state index in [1.165, 1.54) is 5.56 Å². The van der Waals surface area contributed by atoms with Crippen LogP contribution < -0.4 is 10.1 Å². The molecule has 0 fully saturated rings. The lowest BCUT2D eigenvalue weighted by Gasteiger charge is -2.11. The predicted molar refractivity (Wildman–Crippen MR) is 77.1 cm³/mol. The fourth-order valence-corrected chi connectivity index (χ4v) is 1.91. The van der Waals surface area contributed by atoms with Crippen molar-refractivity contribution in [1.82, 2.24) is 10.3 Å².